The maximum atomic E-state index is 4.65. The van der Waals surface area contributed by atoms with Gasteiger partial charge in [0.1, 0.15) is 0 Å². The van der Waals surface area contributed by atoms with Gasteiger partial charge in [0.2, 0.25) is 0 Å². The van der Waals surface area contributed by atoms with Gasteiger partial charge >= 0.3 is 0 Å². The lowest BCUT2D eigenvalue weighted by Crippen LogP contribution is -2.04. The Morgan fingerprint density at radius 2 is 0.746 bits per heavy atom. The summed E-state index contributed by atoms with van der Waals surface area (Å²) in [6, 6.07) is 21.7. The number of hydrogen-bond acceptors (Lipinski definition) is 5. The summed E-state index contributed by atoms with van der Waals surface area (Å²) in [4.78, 5) is 22.3. The highest BCUT2D eigenvalue weighted by molar-refractivity contribution is 5.21. The molecule has 0 radical (unpaired) electrons. The van der Waals surface area contributed by atoms with Gasteiger partial charge in [0.15, 0.2) is 0 Å². The number of rotatable bonds is 20. The minimum Gasteiger partial charge on any atom is -0.264 e. The van der Waals surface area contributed by atoms with E-state index in [1.165, 1.54) is 56.3 Å². The Bertz CT molecular complexity index is 1780. The molecule has 5 heterocycles. The Balaban J connectivity index is 0.000000860. The van der Waals surface area contributed by atoms with E-state index in [9.17, 15) is 0 Å². The van der Waals surface area contributed by atoms with Crippen molar-refractivity contribution in [3.63, 3.8) is 0 Å². The van der Waals surface area contributed by atoms with Crippen molar-refractivity contribution in [2.24, 2.45) is 59.2 Å². The minimum atomic E-state index is 0. The van der Waals surface area contributed by atoms with Gasteiger partial charge in [-0.05, 0) is 188 Å². The first-order chi connectivity index (χ1) is 32.9. The maximum absolute atomic E-state index is 4.65. The van der Waals surface area contributed by atoms with Gasteiger partial charge in [-0.2, -0.15) is 0 Å². The highest BCUT2D eigenvalue weighted by Crippen LogP contribution is 2.17. The molecule has 0 amide bonds. The smallest absolute Gasteiger partial charge is 0.0438 e. The van der Waals surface area contributed by atoms with E-state index in [0.29, 0.717) is 53.3 Å². The van der Waals surface area contributed by atoms with Crippen molar-refractivity contribution < 1.29 is 0 Å². The molecule has 0 spiro atoms. The summed E-state index contributed by atoms with van der Waals surface area (Å²) >= 11 is 0. The van der Waals surface area contributed by atoms with Crippen molar-refractivity contribution in [2.45, 2.75) is 210 Å². The Morgan fingerprint density at radius 1 is 0.310 bits per heavy atom. The minimum absolute atomic E-state index is 0. The lowest BCUT2D eigenvalue weighted by Gasteiger charge is -2.11. The van der Waals surface area contributed by atoms with Gasteiger partial charge in [0.05, 0.1) is 0 Å². The first-order valence-electron chi connectivity index (χ1n) is 27.6. The number of pyridine rings is 5. The number of nitrogens with zero attached hydrogens (tertiary/aromatic N) is 5. The molecule has 0 aromatic carbocycles. The molecule has 0 N–H and O–H groups in total. The SMILES string of the molecule is C.CC(C)Cc1ccc(CC(C)C)nc1.CC(C)Cc1cccc(CC(C)C)n1.CC(C)Cc1cccnc1CC(C)C.CC(C)Cc1ccnc(CC(C)C)c1.CC(C)Cc1cncc(CC(C)C)c1. The lowest BCUT2D eigenvalue weighted by molar-refractivity contribution is 0.605. The molecule has 0 aliphatic rings. The van der Waals surface area contributed by atoms with E-state index >= 15 is 0 Å². The summed E-state index contributed by atoms with van der Waals surface area (Å²) in [5.41, 5.74) is 13.2. The van der Waals surface area contributed by atoms with E-state index in [0.717, 1.165) is 70.1 Å². The van der Waals surface area contributed by atoms with Crippen LogP contribution < -0.4 is 0 Å². The Labute approximate surface area is 440 Å². The molecule has 5 nitrogen and oxygen atoms in total. The second kappa shape index (κ2) is 37.5. The molecule has 398 valence electrons. The largest absolute Gasteiger partial charge is 0.264 e. The third-order valence-electron chi connectivity index (χ3n) is 10.7. The fourth-order valence-corrected chi connectivity index (χ4v) is 8.21. The molecule has 0 aliphatic carbocycles. The van der Waals surface area contributed by atoms with Gasteiger partial charge in [-0.25, -0.2) is 0 Å². The van der Waals surface area contributed by atoms with Crippen LogP contribution in [0.1, 0.15) is 202 Å². The molecule has 0 fully saturated rings. The van der Waals surface area contributed by atoms with E-state index in [1.807, 2.05) is 37.1 Å². The predicted octanol–water partition coefficient (Wildman–Crippen LogP) is 18.0. The Hall–Kier alpha value is -4.25. The van der Waals surface area contributed by atoms with Crippen LogP contribution in [0.3, 0.4) is 0 Å². The van der Waals surface area contributed by atoms with Crippen LogP contribution in [0.5, 0.6) is 0 Å². The summed E-state index contributed by atoms with van der Waals surface area (Å²) in [5, 5.41) is 0. The lowest BCUT2D eigenvalue weighted by atomic mass is 9.97. The molecule has 5 aromatic rings. The molecule has 0 atom stereocenters. The summed E-state index contributed by atoms with van der Waals surface area (Å²) in [6.07, 6.45) is 21.0. The average molecular weight is 973 g/mol. The van der Waals surface area contributed by atoms with Crippen LogP contribution >= 0.6 is 0 Å². The van der Waals surface area contributed by atoms with E-state index in [1.54, 1.807) is 0 Å². The van der Waals surface area contributed by atoms with Gasteiger partial charge < -0.3 is 0 Å². The van der Waals surface area contributed by atoms with E-state index in [-0.39, 0.29) is 7.43 Å². The monoisotopic (exact) mass is 972 g/mol. The fourth-order valence-electron chi connectivity index (χ4n) is 8.21. The second-order valence-corrected chi connectivity index (χ2v) is 24.2. The second-order valence-electron chi connectivity index (χ2n) is 24.2. The first kappa shape index (κ1) is 66.8. The Kier molecular flexibility index (Phi) is 35.2. The first-order valence-corrected chi connectivity index (χ1v) is 27.6. The van der Waals surface area contributed by atoms with Crippen LogP contribution in [-0.4, -0.2) is 24.9 Å². The molecule has 0 bridgehead atoms. The molecule has 0 unspecified atom stereocenters. The standard InChI is InChI=1S/5C13H21N.CH4/c1-10(2)5-12-7-13(6-11(3)4)9-14-8-12;1-10(2)7-12-5-6-14-13(9-12)8-11(3)4;1-10(2)7-12-5-6-13(14-9-12)8-11(3)4;1-10(2)8-12-6-5-7-14-13(12)9-11(3)4;1-10(2)8-12-6-5-7-13(14-12)9-11(3)4;/h7-11H,5-6H2,1-4H3;2*5-6,9-11H,7-8H2,1-4H3;2*5-7,10-11H,8-9H2,1-4H3;1H4. The van der Waals surface area contributed by atoms with Crippen molar-refractivity contribution in [2.75, 3.05) is 0 Å². The third-order valence-corrected chi connectivity index (χ3v) is 10.7. The van der Waals surface area contributed by atoms with Crippen LogP contribution in [0.15, 0.2) is 91.6 Å². The molecule has 0 saturated carbocycles. The normalized spacial score (nSPS) is 11.1. The highest BCUT2D eigenvalue weighted by Gasteiger charge is 2.08. The molecule has 5 aromatic heterocycles. The van der Waals surface area contributed by atoms with Crippen LogP contribution in [0.2, 0.25) is 0 Å². The molecule has 0 aliphatic heterocycles. The van der Waals surface area contributed by atoms with Gasteiger partial charge in [0.25, 0.3) is 0 Å². The third kappa shape index (κ3) is 35.5. The summed E-state index contributed by atoms with van der Waals surface area (Å²) in [5.74, 6) is 7.04. The van der Waals surface area contributed by atoms with Crippen molar-refractivity contribution in [1.29, 1.82) is 0 Å². The summed E-state index contributed by atoms with van der Waals surface area (Å²) in [6.45, 7) is 44.8. The topological polar surface area (TPSA) is 64.5 Å². The van der Waals surface area contributed by atoms with Crippen LogP contribution in [0.4, 0.5) is 0 Å². The van der Waals surface area contributed by atoms with Gasteiger partial charge in [0, 0.05) is 59.5 Å². The number of aromatic nitrogens is 5. The zero-order chi connectivity index (χ0) is 52.8. The quantitative estimate of drug-likeness (QED) is 0.0777. The van der Waals surface area contributed by atoms with Crippen molar-refractivity contribution in [3.05, 3.63) is 148 Å². The molecule has 5 heteroatoms. The predicted molar refractivity (Wildman–Crippen MR) is 313 cm³/mol. The van der Waals surface area contributed by atoms with Crippen molar-refractivity contribution >= 4 is 0 Å². The molecule has 5 rings (SSSR count). The van der Waals surface area contributed by atoms with Gasteiger partial charge in [-0.3, -0.25) is 24.9 Å². The average Bonchev–Trinajstić information content (AvgIpc) is 3.22. The van der Waals surface area contributed by atoms with E-state index in [4.69, 9.17) is 0 Å². The van der Waals surface area contributed by atoms with Crippen molar-refractivity contribution in [1.82, 2.24) is 24.9 Å². The molecular weight excluding hydrogens is 863 g/mol. The zero-order valence-corrected chi connectivity index (χ0v) is 48.7. The molecule has 71 heavy (non-hydrogen) atoms. The molecule has 0 saturated heterocycles. The summed E-state index contributed by atoms with van der Waals surface area (Å²) < 4.78 is 0. The maximum Gasteiger partial charge on any atom is 0.0438 e. The van der Waals surface area contributed by atoms with Gasteiger partial charge in [-0.1, -0.05) is 170 Å². The van der Waals surface area contributed by atoms with Crippen molar-refractivity contribution in [3.8, 4) is 0 Å². The Morgan fingerprint density at radius 3 is 1.20 bits per heavy atom. The van der Waals surface area contributed by atoms with Gasteiger partial charge in [-0.15, -0.1) is 0 Å². The number of hydrogen-bond donors (Lipinski definition) is 0. The van der Waals surface area contributed by atoms with Crippen LogP contribution in [0.25, 0.3) is 0 Å². The van der Waals surface area contributed by atoms with E-state index in [2.05, 4.69) is 218 Å². The van der Waals surface area contributed by atoms with Crippen LogP contribution in [0, 0.1) is 59.2 Å². The zero-order valence-electron chi connectivity index (χ0n) is 48.7. The molecular formula is C66H109N5. The van der Waals surface area contributed by atoms with Crippen LogP contribution in [-0.2, 0) is 64.2 Å². The highest BCUT2D eigenvalue weighted by atomic mass is 14.7. The fraction of sp³-hybridized carbons (Fsp3) is 0.621. The van der Waals surface area contributed by atoms with E-state index < -0.39 is 0 Å². The summed E-state index contributed by atoms with van der Waals surface area (Å²) in [7, 11) is 0.